The molecule has 2 aromatic heterocycles. The zero-order chi connectivity index (χ0) is 25.5. The first-order valence-electron chi connectivity index (χ1n) is 10.9. The van der Waals surface area contributed by atoms with Crippen LogP contribution in [0.25, 0.3) is 11.0 Å². The Morgan fingerprint density at radius 3 is 2.63 bits per heavy atom. The van der Waals surface area contributed by atoms with Gasteiger partial charge in [0.15, 0.2) is 11.6 Å². The molecule has 1 saturated heterocycles. The fourth-order valence-electron chi connectivity index (χ4n) is 3.83. The van der Waals surface area contributed by atoms with Crippen molar-refractivity contribution in [3.05, 3.63) is 63.3 Å². The first-order valence-corrected chi connectivity index (χ1v) is 10.9. The topological polar surface area (TPSA) is 100 Å². The summed E-state index contributed by atoms with van der Waals surface area (Å²) >= 11 is 0. The molecular formula is C22H20B3F2N5O3. The number of likely N-dealkylation sites (tertiary alicyclic amines) is 1. The van der Waals surface area contributed by atoms with Gasteiger partial charge in [-0.25, -0.2) is 14.4 Å². The Bertz CT molecular complexity index is 1350. The van der Waals surface area contributed by atoms with Crippen LogP contribution in [0.5, 0.6) is 5.75 Å². The molecule has 3 aromatic rings. The minimum absolute atomic E-state index is 0.0686. The van der Waals surface area contributed by atoms with Gasteiger partial charge in [-0.2, -0.15) is 4.39 Å². The molecular weight excluding hydrogens is 453 g/mol. The summed E-state index contributed by atoms with van der Waals surface area (Å²) in [5.41, 5.74) is 0.518. The third-order valence-electron chi connectivity index (χ3n) is 5.85. The number of pyridine rings is 1. The molecule has 0 unspecified atom stereocenters. The predicted molar refractivity (Wildman–Crippen MR) is 128 cm³/mol. The van der Waals surface area contributed by atoms with E-state index < -0.39 is 28.5 Å². The Hall–Kier alpha value is -3.21. The van der Waals surface area contributed by atoms with Gasteiger partial charge in [0.2, 0.25) is 0 Å². The molecule has 174 valence electrons. The molecule has 1 amide bonds. The van der Waals surface area contributed by atoms with E-state index in [-0.39, 0.29) is 35.7 Å². The molecule has 2 N–H and O–H groups in total. The molecule has 1 aliphatic rings. The van der Waals surface area contributed by atoms with Gasteiger partial charge in [-0.05, 0) is 31.5 Å². The molecule has 0 bridgehead atoms. The van der Waals surface area contributed by atoms with Gasteiger partial charge in [0.1, 0.15) is 23.0 Å². The van der Waals surface area contributed by atoms with Crippen LogP contribution in [0.4, 0.5) is 8.78 Å². The minimum atomic E-state index is -1.97. The number of carbonyl (C=O) groups is 1. The molecule has 35 heavy (non-hydrogen) atoms. The van der Waals surface area contributed by atoms with Gasteiger partial charge in [-0.3, -0.25) is 14.5 Å². The Kier molecular flexibility index (Phi) is 6.72. The van der Waals surface area contributed by atoms with Gasteiger partial charge in [0.25, 0.3) is 17.4 Å². The van der Waals surface area contributed by atoms with Crippen molar-refractivity contribution in [1.82, 2.24) is 25.2 Å². The van der Waals surface area contributed by atoms with Gasteiger partial charge in [-0.1, -0.05) is 18.2 Å². The van der Waals surface area contributed by atoms with E-state index in [1.165, 1.54) is 12.1 Å². The maximum Gasteiger partial charge on any atom is 0.270 e. The Balaban J connectivity index is 1.41. The Morgan fingerprint density at radius 2 is 2.00 bits per heavy atom. The number of aromatic nitrogens is 3. The lowest BCUT2D eigenvalue weighted by Gasteiger charge is -2.45. The highest BCUT2D eigenvalue weighted by Gasteiger charge is 2.38. The molecule has 1 fully saturated rings. The van der Waals surface area contributed by atoms with Crippen LogP contribution in [0.15, 0.2) is 29.1 Å². The SMILES string of the molecule is [B]C([B])([B])NC(=O)c1ccc(O[C@H]2CN(Cc3ccc4nc(CC)c(=O)[nH]c4c3F)[C@@H]2C)c(F)n1. The van der Waals surface area contributed by atoms with Gasteiger partial charge in [0.05, 0.1) is 29.1 Å². The molecule has 0 saturated carbocycles. The number of hydrogen-bond acceptors (Lipinski definition) is 6. The summed E-state index contributed by atoms with van der Waals surface area (Å²) in [6.07, 6.45) is 0.0660. The zero-order valence-corrected chi connectivity index (χ0v) is 19.1. The van der Waals surface area contributed by atoms with Crippen molar-refractivity contribution in [2.45, 2.75) is 44.2 Å². The highest BCUT2D eigenvalue weighted by Crippen LogP contribution is 2.28. The van der Waals surface area contributed by atoms with E-state index >= 15 is 4.39 Å². The van der Waals surface area contributed by atoms with Gasteiger partial charge >= 0.3 is 0 Å². The monoisotopic (exact) mass is 473 g/mol. The van der Waals surface area contributed by atoms with E-state index in [0.717, 1.165) is 0 Å². The summed E-state index contributed by atoms with van der Waals surface area (Å²) in [5.74, 6) is -2.49. The third-order valence-corrected chi connectivity index (χ3v) is 5.85. The lowest BCUT2D eigenvalue weighted by Crippen LogP contribution is -2.60. The van der Waals surface area contributed by atoms with Crippen molar-refractivity contribution < 1.29 is 18.3 Å². The maximum absolute atomic E-state index is 15.1. The number of H-pyrrole nitrogens is 1. The number of aromatic amines is 1. The largest absolute Gasteiger partial charge is 0.483 e. The standard InChI is InChI=1S/C22H20B3F2N5O3/c1-3-12-20(33)30-18-13(28-12)5-4-11(17(18)26)8-32-9-16(10(32)2)35-15-7-6-14(29-19(15)27)21(34)31-22(23,24)25/h4-7,10,16H,3,8-9H2,1-2H3,(H,30,33)(H,31,34)/t10-,16+/m1/s1. The number of carbonyl (C=O) groups excluding carboxylic acids is 1. The van der Waals surface area contributed by atoms with Crippen molar-refractivity contribution >= 4 is 40.5 Å². The number of benzene rings is 1. The number of fused-ring (bicyclic) bond motifs is 1. The molecule has 8 nitrogen and oxygen atoms in total. The molecule has 2 atom stereocenters. The Morgan fingerprint density at radius 1 is 1.26 bits per heavy atom. The predicted octanol–water partition coefficient (Wildman–Crippen LogP) is 0.657. The van der Waals surface area contributed by atoms with Crippen LogP contribution in [-0.4, -0.2) is 73.2 Å². The maximum atomic E-state index is 15.1. The third kappa shape index (κ3) is 5.24. The molecule has 3 heterocycles. The summed E-state index contributed by atoms with van der Waals surface area (Å²) < 4.78 is 35.2. The number of nitrogens with one attached hydrogen (secondary N) is 2. The van der Waals surface area contributed by atoms with E-state index in [9.17, 15) is 14.0 Å². The quantitative estimate of drug-likeness (QED) is 0.387. The average Bonchev–Trinajstić information content (AvgIpc) is 2.79. The van der Waals surface area contributed by atoms with Crippen LogP contribution in [-0.2, 0) is 13.0 Å². The van der Waals surface area contributed by atoms with Crippen LogP contribution in [0, 0.1) is 11.8 Å². The normalized spacial score (nSPS) is 18.3. The van der Waals surface area contributed by atoms with E-state index in [0.29, 0.717) is 29.7 Å². The van der Waals surface area contributed by atoms with Gasteiger partial charge in [0, 0.05) is 24.7 Å². The van der Waals surface area contributed by atoms with Crippen molar-refractivity contribution in [2.75, 3.05) is 6.54 Å². The lowest BCUT2D eigenvalue weighted by molar-refractivity contribution is -0.0437. The number of rotatable bonds is 7. The van der Waals surface area contributed by atoms with E-state index in [1.54, 1.807) is 19.1 Å². The summed E-state index contributed by atoms with van der Waals surface area (Å²) in [5, 5.41) is 0.101. The number of ether oxygens (including phenoxy) is 1. The van der Waals surface area contributed by atoms with Crippen LogP contribution >= 0.6 is 0 Å². The number of aryl methyl sites for hydroxylation is 1. The lowest BCUT2D eigenvalue weighted by atomic mass is 9.49. The molecule has 0 aliphatic carbocycles. The summed E-state index contributed by atoms with van der Waals surface area (Å²) in [6.45, 7) is 4.33. The molecule has 6 radical (unpaired) electrons. The molecule has 13 heteroatoms. The van der Waals surface area contributed by atoms with Crippen molar-refractivity contribution in [3.63, 3.8) is 0 Å². The molecule has 1 aromatic carbocycles. The summed E-state index contributed by atoms with van der Waals surface area (Å²) in [4.78, 5) is 36.3. The van der Waals surface area contributed by atoms with Crippen LogP contribution in [0.3, 0.4) is 0 Å². The minimum Gasteiger partial charge on any atom is -0.483 e. The number of nitrogens with zero attached hydrogens (tertiary/aromatic N) is 3. The highest BCUT2D eigenvalue weighted by molar-refractivity contribution is 6.60. The van der Waals surface area contributed by atoms with Gasteiger partial charge < -0.3 is 15.0 Å². The number of halogens is 2. The van der Waals surface area contributed by atoms with Crippen molar-refractivity contribution in [1.29, 1.82) is 0 Å². The first kappa shape index (κ1) is 24.9. The second-order valence-electron chi connectivity index (χ2n) is 8.50. The van der Waals surface area contributed by atoms with Crippen LogP contribution < -0.4 is 15.6 Å². The second-order valence-corrected chi connectivity index (χ2v) is 8.50. The number of hydrogen-bond donors (Lipinski definition) is 2. The van der Waals surface area contributed by atoms with E-state index in [4.69, 9.17) is 28.3 Å². The molecule has 0 spiro atoms. The van der Waals surface area contributed by atoms with E-state index in [1.807, 2.05) is 11.8 Å². The number of amides is 1. The zero-order valence-electron chi connectivity index (χ0n) is 19.1. The average molecular weight is 473 g/mol. The summed E-state index contributed by atoms with van der Waals surface area (Å²) in [6, 6.07) is 5.66. The Labute approximate surface area is 204 Å². The van der Waals surface area contributed by atoms with Crippen LogP contribution in [0.1, 0.15) is 35.6 Å². The summed E-state index contributed by atoms with van der Waals surface area (Å²) in [7, 11) is 15.9. The molecule has 1 aliphatic heterocycles. The first-order chi connectivity index (χ1) is 16.5. The second kappa shape index (κ2) is 9.45. The fourth-order valence-corrected chi connectivity index (χ4v) is 3.83. The highest BCUT2D eigenvalue weighted by atomic mass is 19.1. The van der Waals surface area contributed by atoms with E-state index in [2.05, 4.69) is 20.3 Å². The fraction of sp³-hybridized carbons (Fsp3) is 0.364. The van der Waals surface area contributed by atoms with Crippen LogP contribution in [0.2, 0.25) is 0 Å². The van der Waals surface area contributed by atoms with Crippen molar-refractivity contribution in [3.8, 4) is 5.75 Å². The smallest absolute Gasteiger partial charge is 0.270 e. The molecule has 4 rings (SSSR count). The van der Waals surface area contributed by atoms with Gasteiger partial charge in [-0.15, -0.1) is 0 Å². The van der Waals surface area contributed by atoms with Crippen molar-refractivity contribution in [2.24, 2.45) is 0 Å².